The van der Waals surface area contributed by atoms with Crippen LogP contribution in [0.4, 0.5) is 0 Å². The molecule has 3 nitrogen and oxygen atoms in total. The van der Waals surface area contributed by atoms with Crippen molar-refractivity contribution in [3.63, 3.8) is 0 Å². The highest BCUT2D eigenvalue weighted by molar-refractivity contribution is 6.03. The van der Waals surface area contributed by atoms with Gasteiger partial charge in [0.15, 0.2) is 0 Å². The Hall–Kier alpha value is -3.72. The highest BCUT2D eigenvalue weighted by Gasteiger charge is 2.12. The molecule has 4 rings (SSSR count). The Morgan fingerprint density at radius 3 is 2.11 bits per heavy atom. The van der Waals surface area contributed by atoms with Gasteiger partial charge in [-0.05, 0) is 23.3 Å². The van der Waals surface area contributed by atoms with Crippen LogP contribution in [0.1, 0.15) is 21.5 Å². The van der Waals surface area contributed by atoms with Crippen molar-refractivity contribution >= 4 is 29.0 Å². The van der Waals surface area contributed by atoms with E-state index in [4.69, 9.17) is 0 Å². The lowest BCUT2D eigenvalue weighted by atomic mass is 10.0. The lowest BCUT2D eigenvalue weighted by Gasteiger charge is -2.07. The topological polar surface area (TPSA) is 50.2 Å². The second-order valence-corrected chi connectivity index (χ2v) is 6.24. The van der Waals surface area contributed by atoms with Crippen LogP contribution < -0.4 is 0 Å². The molecule has 27 heavy (non-hydrogen) atoms. The van der Waals surface area contributed by atoms with Gasteiger partial charge in [0.1, 0.15) is 0 Å². The molecule has 0 fully saturated rings. The number of pyridine rings is 1. The molecular weight excluding hydrogens is 334 g/mol. The number of fused-ring (bicyclic) bond motifs is 1. The first kappa shape index (κ1) is 16.7. The number of para-hydroxylation sites is 1. The Morgan fingerprint density at radius 1 is 0.778 bits per heavy atom. The number of nitrogens with zero attached hydrogens (tertiary/aromatic N) is 1. The molecule has 0 radical (unpaired) electrons. The van der Waals surface area contributed by atoms with Crippen LogP contribution >= 0.6 is 0 Å². The fraction of sp³-hybridized carbons (Fsp3) is 0. The molecule has 0 spiro atoms. The van der Waals surface area contributed by atoms with Gasteiger partial charge in [0.2, 0.25) is 0 Å². The number of aromatic nitrogens is 1. The van der Waals surface area contributed by atoms with E-state index in [1.54, 1.807) is 12.1 Å². The Morgan fingerprint density at radius 2 is 1.41 bits per heavy atom. The summed E-state index contributed by atoms with van der Waals surface area (Å²) in [5.74, 6) is -0.947. The van der Waals surface area contributed by atoms with Crippen molar-refractivity contribution in [1.29, 1.82) is 0 Å². The summed E-state index contributed by atoms with van der Waals surface area (Å²) in [6.07, 6.45) is 4.11. The zero-order chi connectivity index (χ0) is 18.6. The third kappa shape index (κ3) is 3.62. The number of rotatable bonds is 4. The molecule has 0 amide bonds. The summed E-state index contributed by atoms with van der Waals surface area (Å²) in [6.45, 7) is 0. The highest BCUT2D eigenvalue weighted by atomic mass is 16.4. The van der Waals surface area contributed by atoms with Crippen molar-refractivity contribution < 1.29 is 9.90 Å². The van der Waals surface area contributed by atoms with E-state index >= 15 is 0 Å². The summed E-state index contributed by atoms with van der Waals surface area (Å²) in [5, 5.41) is 10.2. The van der Waals surface area contributed by atoms with Gasteiger partial charge >= 0.3 is 5.97 Å². The van der Waals surface area contributed by atoms with Crippen molar-refractivity contribution in [3.8, 4) is 11.3 Å². The summed E-state index contributed by atoms with van der Waals surface area (Å²) in [5.41, 5.74) is 4.71. The summed E-state index contributed by atoms with van der Waals surface area (Å²) in [6, 6.07) is 27.0. The standard InChI is InChI=1S/C24H17NO2/c26-24(27)21-16-23(25-22-9-5-4-8-20(21)22)19-14-12-18(13-15-19)11-10-17-6-2-1-3-7-17/h1-16H,(H,26,27)/b11-10+. The largest absolute Gasteiger partial charge is 0.478 e. The van der Waals surface area contributed by atoms with Gasteiger partial charge in [0, 0.05) is 10.9 Å². The van der Waals surface area contributed by atoms with E-state index in [1.807, 2.05) is 60.7 Å². The molecule has 4 aromatic rings. The van der Waals surface area contributed by atoms with Gasteiger partial charge in [-0.1, -0.05) is 84.9 Å². The lowest BCUT2D eigenvalue weighted by molar-refractivity contribution is 0.0699. The Labute approximate surface area is 157 Å². The molecule has 0 unspecified atom stereocenters. The second kappa shape index (κ2) is 7.26. The minimum absolute atomic E-state index is 0.267. The van der Waals surface area contributed by atoms with Gasteiger partial charge in [0.05, 0.1) is 16.8 Å². The molecule has 1 heterocycles. The number of carbonyl (C=O) groups is 1. The number of carboxylic acids is 1. The van der Waals surface area contributed by atoms with Crippen molar-refractivity contribution in [2.45, 2.75) is 0 Å². The average Bonchev–Trinajstić information content (AvgIpc) is 2.72. The first-order valence-corrected chi connectivity index (χ1v) is 8.67. The zero-order valence-electron chi connectivity index (χ0n) is 14.5. The van der Waals surface area contributed by atoms with E-state index < -0.39 is 5.97 Å². The van der Waals surface area contributed by atoms with E-state index in [9.17, 15) is 9.90 Å². The number of hydrogen-bond acceptors (Lipinski definition) is 2. The molecule has 3 aromatic carbocycles. The van der Waals surface area contributed by atoms with Crippen LogP contribution in [0.25, 0.3) is 34.3 Å². The number of hydrogen-bond donors (Lipinski definition) is 1. The SMILES string of the molecule is O=C(O)c1cc(-c2ccc(/C=C/c3ccccc3)cc2)nc2ccccc12. The van der Waals surface area contributed by atoms with Gasteiger partial charge in [-0.2, -0.15) is 0 Å². The molecule has 0 saturated carbocycles. The van der Waals surface area contributed by atoms with Crippen molar-refractivity contribution in [3.05, 3.63) is 102 Å². The van der Waals surface area contributed by atoms with Crippen LogP contribution in [0.3, 0.4) is 0 Å². The molecule has 1 aromatic heterocycles. The van der Waals surface area contributed by atoms with E-state index in [2.05, 4.69) is 29.3 Å². The quantitative estimate of drug-likeness (QED) is 0.475. The third-order valence-electron chi connectivity index (χ3n) is 4.42. The smallest absolute Gasteiger partial charge is 0.336 e. The minimum Gasteiger partial charge on any atom is -0.478 e. The summed E-state index contributed by atoms with van der Waals surface area (Å²) in [4.78, 5) is 16.3. The Kier molecular flexibility index (Phi) is 4.50. The maximum Gasteiger partial charge on any atom is 0.336 e. The number of benzene rings is 3. The van der Waals surface area contributed by atoms with Crippen LogP contribution in [0.2, 0.25) is 0 Å². The van der Waals surface area contributed by atoms with Gasteiger partial charge in [0.25, 0.3) is 0 Å². The van der Waals surface area contributed by atoms with Crippen LogP contribution in [0.15, 0.2) is 84.9 Å². The fourth-order valence-electron chi connectivity index (χ4n) is 3.02. The Bertz CT molecular complexity index is 1130. The van der Waals surface area contributed by atoms with Crippen LogP contribution in [0.5, 0.6) is 0 Å². The van der Waals surface area contributed by atoms with Gasteiger partial charge < -0.3 is 5.11 Å². The molecule has 0 saturated heterocycles. The van der Waals surface area contributed by atoms with Crippen LogP contribution in [0, 0.1) is 0 Å². The third-order valence-corrected chi connectivity index (χ3v) is 4.42. The molecule has 0 atom stereocenters. The van der Waals surface area contributed by atoms with Gasteiger partial charge in [-0.25, -0.2) is 9.78 Å². The molecule has 0 aliphatic heterocycles. The molecular formula is C24H17NO2. The number of aromatic carboxylic acids is 1. The fourth-order valence-corrected chi connectivity index (χ4v) is 3.02. The lowest BCUT2D eigenvalue weighted by Crippen LogP contribution is -2.00. The summed E-state index contributed by atoms with van der Waals surface area (Å²) < 4.78 is 0. The summed E-state index contributed by atoms with van der Waals surface area (Å²) >= 11 is 0. The maximum absolute atomic E-state index is 11.6. The monoisotopic (exact) mass is 351 g/mol. The van der Waals surface area contributed by atoms with E-state index in [0.29, 0.717) is 16.6 Å². The second-order valence-electron chi connectivity index (χ2n) is 6.24. The van der Waals surface area contributed by atoms with E-state index in [0.717, 1.165) is 16.7 Å². The van der Waals surface area contributed by atoms with Crippen molar-refractivity contribution in [1.82, 2.24) is 4.98 Å². The van der Waals surface area contributed by atoms with Gasteiger partial charge in [-0.15, -0.1) is 0 Å². The minimum atomic E-state index is -0.947. The first-order chi connectivity index (χ1) is 13.2. The maximum atomic E-state index is 11.6. The van der Waals surface area contributed by atoms with Gasteiger partial charge in [-0.3, -0.25) is 0 Å². The average molecular weight is 351 g/mol. The first-order valence-electron chi connectivity index (χ1n) is 8.67. The Balaban J connectivity index is 1.68. The van der Waals surface area contributed by atoms with E-state index in [1.165, 1.54) is 0 Å². The predicted octanol–water partition coefficient (Wildman–Crippen LogP) is 5.77. The van der Waals surface area contributed by atoms with Crippen LogP contribution in [-0.4, -0.2) is 16.1 Å². The van der Waals surface area contributed by atoms with Crippen molar-refractivity contribution in [2.24, 2.45) is 0 Å². The molecule has 3 heteroatoms. The number of carboxylic acid groups (broad SMARTS) is 1. The normalized spacial score (nSPS) is 11.1. The highest BCUT2D eigenvalue weighted by Crippen LogP contribution is 2.25. The van der Waals surface area contributed by atoms with Crippen molar-refractivity contribution in [2.75, 3.05) is 0 Å². The summed E-state index contributed by atoms with van der Waals surface area (Å²) in [7, 11) is 0. The van der Waals surface area contributed by atoms with E-state index in [-0.39, 0.29) is 5.56 Å². The molecule has 0 bridgehead atoms. The molecule has 130 valence electrons. The molecule has 0 aliphatic carbocycles. The van der Waals surface area contributed by atoms with Crippen LogP contribution in [-0.2, 0) is 0 Å². The molecule has 0 aliphatic rings. The zero-order valence-corrected chi connectivity index (χ0v) is 14.5. The molecule has 1 N–H and O–H groups in total. The predicted molar refractivity (Wildman–Crippen MR) is 110 cm³/mol.